The molecule has 0 bridgehead atoms. The topological polar surface area (TPSA) is 21.3 Å². The fourth-order valence-electron chi connectivity index (χ4n) is 2.11. The first-order chi connectivity index (χ1) is 8.12. The monoisotopic (exact) mass is 233 g/mol. The molecule has 1 aliphatic heterocycles. The first-order valence-corrected chi connectivity index (χ1v) is 6.55. The van der Waals surface area contributed by atoms with Crippen LogP contribution >= 0.6 is 0 Å². The maximum atomic E-state index is 5.68. The SMILES string of the molecule is CCC(C)(C)CNCC1COc2ccccc21. The minimum absolute atomic E-state index is 0.388. The fourth-order valence-corrected chi connectivity index (χ4v) is 2.11. The number of nitrogens with one attached hydrogen (secondary N) is 1. The second kappa shape index (κ2) is 5.09. The Morgan fingerprint density at radius 3 is 2.88 bits per heavy atom. The molecule has 0 fully saturated rings. The fraction of sp³-hybridized carbons (Fsp3) is 0.600. The molecule has 17 heavy (non-hydrogen) atoms. The van der Waals surface area contributed by atoms with Gasteiger partial charge in [0.25, 0.3) is 0 Å². The van der Waals surface area contributed by atoms with Crippen molar-refractivity contribution in [1.82, 2.24) is 5.32 Å². The minimum atomic E-state index is 0.388. The standard InChI is InChI=1S/C15H23NO/c1-4-15(2,3)11-16-9-12-10-17-14-8-6-5-7-13(12)14/h5-8,12,16H,4,9-11H2,1-3H3. The van der Waals surface area contributed by atoms with E-state index >= 15 is 0 Å². The molecule has 1 atom stereocenters. The van der Waals surface area contributed by atoms with E-state index in [1.54, 1.807) is 0 Å². The van der Waals surface area contributed by atoms with Crippen molar-refractivity contribution >= 4 is 0 Å². The zero-order valence-corrected chi connectivity index (χ0v) is 11.1. The van der Waals surface area contributed by atoms with Crippen LogP contribution < -0.4 is 10.1 Å². The minimum Gasteiger partial charge on any atom is -0.493 e. The molecule has 0 spiro atoms. The number of fused-ring (bicyclic) bond motifs is 1. The second-order valence-corrected chi connectivity index (χ2v) is 5.69. The van der Waals surface area contributed by atoms with Gasteiger partial charge < -0.3 is 10.1 Å². The maximum absolute atomic E-state index is 5.68. The molecule has 0 saturated carbocycles. The van der Waals surface area contributed by atoms with Crippen LogP contribution in [0.1, 0.15) is 38.7 Å². The predicted octanol–water partition coefficient (Wildman–Crippen LogP) is 3.19. The van der Waals surface area contributed by atoms with Gasteiger partial charge in [0.2, 0.25) is 0 Å². The normalized spacial score (nSPS) is 18.9. The molecule has 0 saturated heterocycles. The van der Waals surface area contributed by atoms with Crippen molar-refractivity contribution in [2.24, 2.45) is 5.41 Å². The van der Waals surface area contributed by atoms with Crippen molar-refractivity contribution in [2.45, 2.75) is 33.1 Å². The van der Waals surface area contributed by atoms with Gasteiger partial charge in [-0.2, -0.15) is 0 Å². The largest absolute Gasteiger partial charge is 0.493 e. The number of hydrogen-bond donors (Lipinski definition) is 1. The van der Waals surface area contributed by atoms with Gasteiger partial charge >= 0.3 is 0 Å². The highest BCUT2D eigenvalue weighted by Crippen LogP contribution is 2.33. The summed E-state index contributed by atoms with van der Waals surface area (Å²) in [5.41, 5.74) is 1.74. The van der Waals surface area contributed by atoms with Crippen LogP contribution in [0.25, 0.3) is 0 Å². The lowest BCUT2D eigenvalue weighted by molar-refractivity contribution is 0.301. The molecule has 1 aromatic carbocycles. The third-order valence-electron chi connectivity index (χ3n) is 3.75. The molecular formula is C15H23NO. The van der Waals surface area contributed by atoms with Crippen LogP contribution in [-0.2, 0) is 0 Å². The Morgan fingerprint density at radius 1 is 1.35 bits per heavy atom. The molecule has 0 aliphatic carbocycles. The average Bonchev–Trinajstić information content (AvgIpc) is 2.73. The average molecular weight is 233 g/mol. The molecule has 1 heterocycles. The lowest BCUT2D eigenvalue weighted by atomic mass is 9.90. The third kappa shape index (κ3) is 3.01. The number of hydrogen-bond acceptors (Lipinski definition) is 2. The number of benzene rings is 1. The number of rotatable bonds is 5. The van der Waals surface area contributed by atoms with E-state index in [9.17, 15) is 0 Å². The van der Waals surface area contributed by atoms with Gasteiger partial charge in [-0.15, -0.1) is 0 Å². The Morgan fingerprint density at radius 2 is 2.12 bits per heavy atom. The summed E-state index contributed by atoms with van der Waals surface area (Å²) in [6, 6.07) is 8.37. The molecule has 1 N–H and O–H groups in total. The van der Waals surface area contributed by atoms with Crippen molar-refractivity contribution < 1.29 is 4.74 Å². The first-order valence-electron chi connectivity index (χ1n) is 6.55. The number of ether oxygens (including phenoxy) is 1. The van der Waals surface area contributed by atoms with Crippen LogP contribution in [0, 0.1) is 5.41 Å². The Balaban J connectivity index is 1.86. The lowest BCUT2D eigenvalue weighted by Crippen LogP contribution is -2.32. The Kier molecular flexibility index (Phi) is 3.72. The Hall–Kier alpha value is -1.02. The molecule has 2 nitrogen and oxygen atoms in total. The molecule has 2 heteroatoms. The molecule has 1 aromatic rings. The van der Waals surface area contributed by atoms with Gasteiger partial charge in [-0.05, 0) is 17.9 Å². The highest BCUT2D eigenvalue weighted by molar-refractivity contribution is 5.39. The van der Waals surface area contributed by atoms with Crippen molar-refractivity contribution in [1.29, 1.82) is 0 Å². The van der Waals surface area contributed by atoms with Gasteiger partial charge in [-0.1, -0.05) is 39.0 Å². The highest BCUT2D eigenvalue weighted by atomic mass is 16.5. The Bertz CT molecular complexity index is 373. The Labute approximate surface area is 104 Å². The van der Waals surface area contributed by atoms with E-state index in [-0.39, 0.29) is 0 Å². The first kappa shape index (κ1) is 12.4. The van der Waals surface area contributed by atoms with Crippen LogP contribution in [-0.4, -0.2) is 19.7 Å². The van der Waals surface area contributed by atoms with Crippen molar-refractivity contribution in [3.63, 3.8) is 0 Å². The summed E-state index contributed by atoms with van der Waals surface area (Å²) in [6.07, 6.45) is 1.21. The molecule has 94 valence electrons. The lowest BCUT2D eigenvalue weighted by Gasteiger charge is -2.24. The smallest absolute Gasteiger partial charge is 0.122 e. The van der Waals surface area contributed by atoms with E-state index < -0.39 is 0 Å². The van der Waals surface area contributed by atoms with Gasteiger partial charge in [-0.25, -0.2) is 0 Å². The summed E-state index contributed by atoms with van der Waals surface area (Å²) in [4.78, 5) is 0. The van der Waals surface area contributed by atoms with Crippen LogP contribution in [0.2, 0.25) is 0 Å². The van der Waals surface area contributed by atoms with E-state index in [4.69, 9.17) is 4.74 Å². The van der Waals surface area contributed by atoms with Crippen molar-refractivity contribution in [2.75, 3.05) is 19.7 Å². The zero-order valence-electron chi connectivity index (χ0n) is 11.1. The molecule has 0 amide bonds. The molecule has 2 rings (SSSR count). The van der Waals surface area contributed by atoms with Crippen LogP contribution in [0.3, 0.4) is 0 Å². The predicted molar refractivity (Wildman–Crippen MR) is 71.6 cm³/mol. The summed E-state index contributed by atoms with van der Waals surface area (Å²) in [7, 11) is 0. The van der Waals surface area contributed by atoms with Crippen molar-refractivity contribution in [3.05, 3.63) is 29.8 Å². The molecule has 0 aromatic heterocycles. The summed E-state index contributed by atoms with van der Waals surface area (Å²) in [5.74, 6) is 1.58. The molecular weight excluding hydrogens is 210 g/mol. The van der Waals surface area contributed by atoms with Crippen LogP contribution in [0.15, 0.2) is 24.3 Å². The molecule has 0 radical (unpaired) electrons. The van der Waals surface area contributed by atoms with Crippen LogP contribution in [0.4, 0.5) is 0 Å². The third-order valence-corrected chi connectivity index (χ3v) is 3.75. The number of para-hydroxylation sites is 1. The van der Waals surface area contributed by atoms with Crippen LogP contribution in [0.5, 0.6) is 5.75 Å². The summed E-state index contributed by atoms with van der Waals surface area (Å²) < 4.78 is 5.68. The summed E-state index contributed by atoms with van der Waals surface area (Å²) >= 11 is 0. The quantitative estimate of drug-likeness (QED) is 0.843. The molecule has 1 unspecified atom stereocenters. The zero-order chi connectivity index (χ0) is 12.3. The van der Waals surface area contributed by atoms with E-state index in [0.29, 0.717) is 11.3 Å². The van der Waals surface area contributed by atoms with Gasteiger partial charge in [0.05, 0.1) is 6.61 Å². The van der Waals surface area contributed by atoms with E-state index in [0.717, 1.165) is 25.4 Å². The van der Waals surface area contributed by atoms with E-state index in [1.807, 2.05) is 6.07 Å². The van der Waals surface area contributed by atoms with Gasteiger partial charge in [-0.3, -0.25) is 0 Å². The van der Waals surface area contributed by atoms with Gasteiger partial charge in [0.15, 0.2) is 0 Å². The maximum Gasteiger partial charge on any atom is 0.122 e. The summed E-state index contributed by atoms with van der Waals surface area (Å²) in [5, 5.41) is 3.58. The van der Waals surface area contributed by atoms with Crippen molar-refractivity contribution in [3.8, 4) is 5.75 Å². The molecule has 1 aliphatic rings. The van der Waals surface area contributed by atoms with Gasteiger partial charge in [0.1, 0.15) is 5.75 Å². The van der Waals surface area contributed by atoms with E-state index in [2.05, 4.69) is 44.3 Å². The second-order valence-electron chi connectivity index (χ2n) is 5.69. The van der Waals surface area contributed by atoms with Gasteiger partial charge in [0, 0.05) is 24.6 Å². The summed E-state index contributed by atoms with van der Waals surface area (Å²) in [6.45, 7) is 9.76. The highest BCUT2D eigenvalue weighted by Gasteiger charge is 2.24. The van der Waals surface area contributed by atoms with E-state index in [1.165, 1.54) is 12.0 Å².